The molecule has 0 amide bonds. The van der Waals surface area contributed by atoms with Crippen molar-refractivity contribution in [3.8, 4) is 0 Å². The van der Waals surface area contributed by atoms with Gasteiger partial charge < -0.3 is 0 Å². The molecule has 0 aliphatic heterocycles. The summed E-state index contributed by atoms with van der Waals surface area (Å²) in [7, 11) is 0. The predicted octanol–water partition coefficient (Wildman–Crippen LogP) is 3.56. The Bertz CT molecular complexity index is 546. The molecule has 0 heterocycles. The van der Waals surface area contributed by atoms with Crippen LogP contribution in [0.4, 0.5) is 4.39 Å². The minimum absolute atomic E-state index is 0.0601. The fourth-order valence-electron chi connectivity index (χ4n) is 1.77. The monoisotopic (exact) mass is 228 g/mol. The molecule has 0 saturated heterocycles. The zero-order valence-corrected chi connectivity index (χ0v) is 9.61. The molecule has 17 heavy (non-hydrogen) atoms. The third kappa shape index (κ3) is 3.00. The first-order valence-electron chi connectivity index (χ1n) is 5.49. The van der Waals surface area contributed by atoms with Crippen molar-refractivity contribution in [1.82, 2.24) is 0 Å². The van der Waals surface area contributed by atoms with Gasteiger partial charge in [0, 0.05) is 12.0 Å². The molecule has 2 aromatic rings. The van der Waals surface area contributed by atoms with Crippen molar-refractivity contribution >= 4 is 5.78 Å². The second-order valence-electron chi connectivity index (χ2n) is 4.10. The third-order valence-electron chi connectivity index (χ3n) is 2.59. The van der Waals surface area contributed by atoms with Gasteiger partial charge in [-0.2, -0.15) is 0 Å². The van der Waals surface area contributed by atoms with Crippen molar-refractivity contribution in [2.75, 3.05) is 0 Å². The Balaban J connectivity index is 2.17. The van der Waals surface area contributed by atoms with Crippen LogP contribution < -0.4 is 0 Å². The van der Waals surface area contributed by atoms with Gasteiger partial charge in [0.2, 0.25) is 0 Å². The maximum atomic E-state index is 13.0. The molecule has 0 N–H and O–H groups in total. The van der Waals surface area contributed by atoms with Crippen LogP contribution in [-0.2, 0) is 6.42 Å². The zero-order chi connectivity index (χ0) is 12.3. The van der Waals surface area contributed by atoms with Crippen LogP contribution in [0.3, 0.4) is 0 Å². The summed E-state index contributed by atoms with van der Waals surface area (Å²) in [6, 6.07) is 13.6. The van der Waals surface area contributed by atoms with Crippen molar-refractivity contribution in [3.63, 3.8) is 0 Å². The molecule has 0 aromatic heterocycles. The summed E-state index contributed by atoms with van der Waals surface area (Å²) in [5, 5.41) is 0. The van der Waals surface area contributed by atoms with Crippen LogP contribution in [0.1, 0.15) is 21.5 Å². The molecule has 1 nitrogen and oxygen atoms in total. The van der Waals surface area contributed by atoms with Gasteiger partial charge in [-0.05, 0) is 24.6 Å². The van der Waals surface area contributed by atoms with Crippen LogP contribution in [0.5, 0.6) is 0 Å². The van der Waals surface area contributed by atoms with E-state index in [0.29, 0.717) is 12.0 Å². The van der Waals surface area contributed by atoms with Gasteiger partial charge in [-0.15, -0.1) is 0 Å². The molecule has 2 heteroatoms. The first kappa shape index (κ1) is 11.5. The Hall–Kier alpha value is -1.96. The molecule has 0 atom stereocenters. The van der Waals surface area contributed by atoms with Gasteiger partial charge in [-0.25, -0.2) is 4.39 Å². The maximum Gasteiger partial charge on any atom is 0.167 e. The number of ketones is 1. The number of hydrogen-bond donors (Lipinski definition) is 0. The van der Waals surface area contributed by atoms with Crippen LogP contribution in [0.2, 0.25) is 0 Å². The third-order valence-corrected chi connectivity index (χ3v) is 2.59. The van der Waals surface area contributed by atoms with E-state index in [1.165, 1.54) is 12.1 Å². The standard InChI is InChI=1S/C15H13FO/c1-11-4-2-5-12(8-11)9-15(17)13-6-3-7-14(16)10-13/h2-8,10H,9H2,1H3. The van der Waals surface area contributed by atoms with E-state index in [1.807, 2.05) is 31.2 Å². The molecule has 0 radical (unpaired) electrons. The molecule has 0 saturated carbocycles. The smallest absolute Gasteiger partial charge is 0.167 e. The number of hydrogen-bond acceptors (Lipinski definition) is 1. The lowest BCUT2D eigenvalue weighted by atomic mass is 10.0. The summed E-state index contributed by atoms with van der Waals surface area (Å²) < 4.78 is 13.0. The van der Waals surface area contributed by atoms with Crippen molar-refractivity contribution in [3.05, 3.63) is 71.0 Å². The highest BCUT2D eigenvalue weighted by Gasteiger charge is 2.07. The van der Waals surface area contributed by atoms with E-state index in [-0.39, 0.29) is 11.6 Å². The quantitative estimate of drug-likeness (QED) is 0.734. The lowest BCUT2D eigenvalue weighted by Crippen LogP contribution is -2.03. The van der Waals surface area contributed by atoms with Crippen LogP contribution in [0.15, 0.2) is 48.5 Å². The Labute approximate surface area is 99.9 Å². The molecule has 0 aliphatic rings. The van der Waals surface area contributed by atoms with Gasteiger partial charge in [-0.1, -0.05) is 42.0 Å². The van der Waals surface area contributed by atoms with E-state index < -0.39 is 0 Å². The van der Waals surface area contributed by atoms with E-state index >= 15 is 0 Å². The van der Waals surface area contributed by atoms with Crippen molar-refractivity contribution < 1.29 is 9.18 Å². The molecule has 86 valence electrons. The van der Waals surface area contributed by atoms with Gasteiger partial charge in [0.05, 0.1) is 0 Å². The van der Waals surface area contributed by atoms with Gasteiger partial charge in [0.25, 0.3) is 0 Å². The number of benzene rings is 2. The minimum Gasteiger partial charge on any atom is -0.294 e. The van der Waals surface area contributed by atoms with Crippen LogP contribution in [0, 0.1) is 12.7 Å². The van der Waals surface area contributed by atoms with Gasteiger partial charge in [-0.3, -0.25) is 4.79 Å². The summed E-state index contributed by atoms with van der Waals surface area (Å²) in [5.41, 5.74) is 2.50. The number of halogens is 1. The second-order valence-corrected chi connectivity index (χ2v) is 4.10. The molecule has 2 aromatic carbocycles. The summed E-state index contributed by atoms with van der Waals surface area (Å²) in [5.74, 6) is -0.435. The maximum absolute atomic E-state index is 13.0. The summed E-state index contributed by atoms with van der Waals surface area (Å²) in [6.45, 7) is 1.98. The van der Waals surface area contributed by atoms with E-state index in [4.69, 9.17) is 0 Å². The first-order valence-corrected chi connectivity index (χ1v) is 5.49. The average molecular weight is 228 g/mol. The fraction of sp³-hybridized carbons (Fsp3) is 0.133. The van der Waals surface area contributed by atoms with Crippen molar-refractivity contribution in [1.29, 1.82) is 0 Å². The molecule has 0 spiro atoms. The van der Waals surface area contributed by atoms with E-state index in [0.717, 1.165) is 11.1 Å². The summed E-state index contributed by atoms with van der Waals surface area (Å²) in [6.07, 6.45) is 0.311. The van der Waals surface area contributed by atoms with Crippen LogP contribution in [-0.4, -0.2) is 5.78 Å². The number of aryl methyl sites for hydroxylation is 1. The lowest BCUT2D eigenvalue weighted by Gasteiger charge is -2.02. The fourth-order valence-corrected chi connectivity index (χ4v) is 1.77. The average Bonchev–Trinajstić information content (AvgIpc) is 2.29. The van der Waals surface area contributed by atoms with Crippen LogP contribution in [0.25, 0.3) is 0 Å². The largest absolute Gasteiger partial charge is 0.294 e. The normalized spacial score (nSPS) is 10.2. The molecule has 0 aliphatic carbocycles. The van der Waals surface area contributed by atoms with E-state index in [2.05, 4.69) is 0 Å². The summed E-state index contributed by atoms with van der Waals surface area (Å²) >= 11 is 0. The first-order chi connectivity index (χ1) is 8.15. The van der Waals surface area contributed by atoms with Crippen molar-refractivity contribution in [2.45, 2.75) is 13.3 Å². The highest BCUT2D eigenvalue weighted by molar-refractivity contribution is 5.97. The van der Waals surface area contributed by atoms with Crippen LogP contribution >= 0.6 is 0 Å². The highest BCUT2D eigenvalue weighted by Crippen LogP contribution is 2.10. The second kappa shape index (κ2) is 4.91. The topological polar surface area (TPSA) is 17.1 Å². The molecular weight excluding hydrogens is 215 g/mol. The Kier molecular flexibility index (Phi) is 3.33. The molecule has 0 fully saturated rings. The van der Waals surface area contributed by atoms with Gasteiger partial charge >= 0.3 is 0 Å². The number of carbonyl (C=O) groups excluding carboxylic acids is 1. The van der Waals surface area contributed by atoms with Gasteiger partial charge in [0.1, 0.15) is 5.82 Å². The Morgan fingerprint density at radius 3 is 2.59 bits per heavy atom. The highest BCUT2D eigenvalue weighted by atomic mass is 19.1. The Morgan fingerprint density at radius 1 is 1.12 bits per heavy atom. The number of Topliss-reactive ketones (excluding diaryl/α,β-unsaturated/α-hetero) is 1. The van der Waals surface area contributed by atoms with E-state index in [9.17, 15) is 9.18 Å². The molecule has 0 bridgehead atoms. The predicted molar refractivity (Wildman–Crippen MR) is 65.6 cm³/mol. The Morgan fingerprint density at radius 2 is 1.88 bits per heavy atom. The molecule has 2 rings (SSSR count). The SMILES string of the molecule is Cc1cccc(CC(=O)c2cccc(F)c2)c1. The lowest BCUT2D eigenvalue weighted by molar-refractivity contribution is 0.0992. The number of carbonyl (C=O) groups is 1. The summed E-state index contributed by atoms with van der Waals surface area (Å²) in [4.78, 5) is 11.9. The zero-order valence-electron chi connectivity index (χ0n) is 9.61. The van der Waals surface area contributed by atoms with Crippen molar-refractivity contribution in [2.24, 2.45) is 0 Å². The minimum atomic E-state index is -0.375. The van der Waals surface area contributed by atoms with E-state index in [1.54, 1.807) is 12.1 Å². The molecule has 0 unspecified atom stereocenters. The molecular formula is C15H13FO. The van der Waals surface area contributed by atoms with Gasteiger partial charge in [0.15, 0.2) is 5.78 Å². The number of rotatable bonds is 3.